The molecule has 2 rings (SSSR count). The van der Waals surface area contributed by atoms with Gasteiger partial charge in [0.1, 0.15) is 0 Å². The highest BCUT2D eigenvalue weighted by molar-refractivity contribution is 8.00. The maximum atomic E-state index is 9.22. The van der Waals surface area contributed by atoms with E-state index in [4.69, 9.17) is 0 Å². The zero-order chi connectivity index (χ0) is 7.84. The summed E-state index contributed by atoms with van der Waals surface area (Å²) in [7, 11) is 0. The van der Waals surface area contributed by atoms with Crippen LogP contribution in [0.5, 0.6) is 0 Å². The molecule has 4 atom stereocenters. The zero-order valence-electron chi connectivity index (χ0n) is 6.58. The number of nitrogens with one attached hydrogen (secondary N) is 2. The summed E-state index contributed by atoms with van der Waals surface area (Å²) in [5, 5.41) is 16.1. The second-order valence-corrected chi connectivity index (χ2v) is 4.42. The van der Waals surface area contributed by atoms with Crippen molar-refractivity contribution in [1.29, 1.82) is 0 Å². The minimum Gasteiger partial charge on any atom is -0.365 e. The Kier molecular flexibility index (Phi) is 2.10. The minimum atomic E-state index is -0.472. The van der Waals surface area contributed by atoms with Gasteiger partial charge in [0.25, 0.3) is 0 Å². The van der Waals surface area contributed by atoms with Gasteiger partial charge in [-0.1, -0.05) is 6.92 Å². The van der Waals surface area contributed by atoms with E-state index in [-0.39, 0.29) is 0 Å². The monoisotopic (exact) mass is 174 g/mol. The van der Waals surface area contributed by atoms with Gasteiger partial charge in [-0.25, -0.2) is 0 Å². The summed E-state index contributed by atoms with van der Waals surface area (Å²) in [6.45, 7) is 2.20. The molecule has 2 fully saturated rings. The first-order chi connectivity index (χ1) is 5.31. The summed E-state index contributed by atoms with van der Waals surface area (Å²) in [5.41, 5.74) is 0. The normalized spacial score (nSPS) is 49.6. The summed E-state index contributed by atoms with van der Waals surface area (Å²) >= 11 is 2.00. The lowest BCUT2D eigenvalue weighted by atomic mass is 10.1. The fourth-order valence-electron chi connectivity index (χ4n) is 1.87. The van der Waals surface area contributed by atoms with E-state index in [9.17, 15) is 5.11 Å². The van der Waals surface area contributed by atoms with Gasteiger partial charge >= 0.3 is 0 Å². The van der Waals surface area contributed by atoms with Gasteiger partial charge in [0.05, 0.1) is 0 Å². The van der Waals surface area contributed by atoms with Gasteiger partial charge in [-0.2, -0.15) is 11.8 Å². The van der Waals surface area contributed by atoms with E-state index in [1.165, 1.54) is 6.42 Å². The topological polar surface area (TPSA) is 44.3 Å². The van der Waals surface area contributed by atoms with Crippen molar-refractivity contribution in [3.8, 4) is 0 Å². The maximum absolute atomic E-state index is 9.22. The van der Waals surface area contributed by atoms with Gasteiger partial charge in [0.15, 0.2) is 6.35 Å². The smallest absolute Gasteiger partial charge is 0.161 e. The number of hydrogen-bond acceptors (Lipinski definition) is 4. The second kappa shape index (κ2) is 2.94. The predicted octanol–water partition coefficient (Wildman–Crippen LogP) is -0.282. The average molecular weight is 174 g/mol. The van der Waals surface area contributed by atoms with E-state index in [1.54, 1.807) is 0 Å². The van der Waals surface area contributed by atoms with Crippen molar-refractivity contribution in [2.75, 3.05) is 5.75 Å². The van der Waals surface area contributed by atoms with E-state index >= 15 is 0 Å². The highest BCUT2D eigenvalue weighted by Gasteiger charge is 2.41. The average Bonchev–Trinajstić information content (AvgIpc) is 2.45. The van der Waals surface area contributed by atoms with E-state index in [0.717, 1.165) is 5.75 Å². The molecule has 11 heavy (non-hydrogen) atoms. The molecular formula is C7H14N2OS. The standard InChI is InChI=1S/C7H14N2OS/c1-2-5-6-4(3-11-5)8-7(10)9-6/h4-10H,2-3H2,1H3/t4-,5-,6-,7?/m0/s1. The predicted molar refractivity (Wildman–Crippen MR) is 46.4 cm³/mol. The number of rotatable bonds is 1. The van der Waals surface area contributed by atoms with Crippen LogP contribution in [0.2, 0.25) is 0 Å². The molecule has 3 nitrogen and oxygen atoms in total. The lowest BCUT2D eigenvalue weighted by Crippen LogP contribution is -2.37. The van der Waals surface area contributed by atoms with Crippen molar-refractivity contribution in [2.45, 2.75) is 37.0 Å². The van der Waals surface area contributed by atoms with Crippen molar-refractivity contribution in [2.24, 2.45) is 0 Å². The van der Waals surface area contributed by atoms with Gasteiger partial charge < -0.3 is 5.11 Å². The third-order valence-corrected chi connectivity index (χ3v) is 4.05. The summed E-state index contributed by atoms with van der Waals surface area (Å²) < 4.78 is 0. The van der Waals surface area contributed by atoms with Gasteiger partial charge in [-0.15, -0.1) is 0 Å². The summed E-state index contributed by atoms with van der Waals surface area (Å²) in [6.07, 6.45) is 0.715. The molecule has 0 bridgehead atoms. The van der Waals surface area contributed by atoms with E-state index in [2.05, 4.69) is 17.6 Å². The minimum absolute atomic E-state index is 0.472. The quantitative estimate of drug-likeness (QED) is 0.511. The Morgan fingerprint density at radius 3 is 3.09 bits per heavy atom. The zero-order valence-corrected chi connectivity index (χ0v) is 7.40. The first-order valence-electron chi connectivity index (χ1n) is 4.13. The lowest BCUT2D eigenvalue weighted by molar-refractivity contribution is 0.130. The molecule has 0 radical (unpaired) electrons. The van der Waals surface area contributed by atoms with Crippen LogP contribution in [-0.4, -0.2) is 34.5 Å². The third-order valence-electron chi connectivity index (χ3n) is 2.45. The molecule has 0 aliphatic carbocycles. The first kappa shape index (κ1) is 7.86. The van der Waals surface area contributed by atoms with Gasteiger partial charge in [0.2, 0.25) is 0 Å². The van der Waals surface area contributed by atoms with Crippen LogP contribution in [0.25, 0.3) is 0 Å². The number of fused-ring (bicyclic) bond motifs is 1. The number of aliphatic hydroxyl groups is 1. The third kappa shape index (κ3) is 1.28. The summed E-state index contributed by atoms with van der Waals surface area (Å²) in [4.78, 5) is 0. The van der Waals surface area contributed by atoms with E-state index in [1.807, 2.05) is 11.8 Å². The summed E-state index contributed by atoms with van der Waals surface area (Å²) in [6, 6.07) is 0.972. The molecule has 4 heteroatoms. The van der Waals surface area contributed by atoms with Crippen LogP contribution in [0.15, 0.2) is 0 Å². The summed E-state index contributed by atoms with van der Waals surface area (Å²) in [5.74, 6) is 1.13. The van der Waals surface area contributed by atoms with Crippen LogP contribution in [0.3, 0.4) is 0 Å². The van der Waals surface area contributed by atoms with Crippen LogP contribution in [-0.2, 0) is 0 Å². The molecule has 2 heterocycles. The molecule has 0 aromatic carbocycles. The van der Waals surface area contributed by atoms with Gasteiger partial charge in [0, 0.05) is 23.1 Å². The maximum Gasteiger partial charge on any atom is 0.161 e. The molecule has 2 saturated heterocycles. The molecule has 0 spiro atoms. The Labute approximate surface area is 70.9 Å². The Morgan fingerprint density at radius 1 is 1.55 bits per heavy atom. The van der Waals surface area contributed by atoms with Crippen molar-refractivity contribution in [3.05, 3.63) is 0 Å². The van der Waals surface area contributed by atoms with Crippen molar-refractivity contribution in [1.82, 2.24) is 10.6 Å². The van der Waals surface area contributed by atoms with Crippen LogP contribution < -0.4 is 10.6 Å². The van der Waals surface area contributed by atoms with E-state index in [0.29, 0.717) is 17.3 Å². The SMILES string of the molecule is CC[C@@H]1SC[C@@H]2NC(O)N[C@@H]21. The molecule has 1 unspecified atom stereocenters. The van der Waals surface area contributed by atoms with Gasteiger partial charge in [-0.3, -0.25) is 10.6 Å². The Morgan fingerprint density at radius 2 is 2.36 bits per heavy atom. The number of aliphatic hydroxyl groups excluding tert-OH is 1. The largest absolute Gasteiger partial charge is 0.365 e. The first-order valence-corrected chi connectivity index (χ1v) is 5.18. The highest BCUT2D eigenvalue weighted by Crippen LogP contribution is 2.31. The van der Waals surface area contributed by atoms with Crippen LogP contribution in [0.1, 0.15) is 13.3 Å². The molecule has 0 aromatic rings. The fraction of sp³-hybridized carbons (Fsp3) is 1.00. The molecule has 0 saturated carbocycles. The number of hydrogen-bond donors (Lipinski definition) is 3. The van der Waals surface area contributed by atoms with Crippen LogP contribution >= 0.6 is 11.8 Å². The van der Waals surface area contributed by atoms with Gasteiger partial charge in [-0.05, 0) is 6.42 Å². The number of thioether (sulfide) groups is 1. The molecular weight excluding hydrogens is 160 g/mol. The Balaban J connectivity index is 2.01. The van der Waals surface area contributed by atoms with Crippen molar-refractivity contribution < 1.29 is 5.11 Å². The van der Waals surface area contributed by atoms with E-state index < -0.39 is 6.35 Å². The Bertz CT molecular complexity index is 153. The van der Waals surface area contributed by atoms with Crippen molar-refractivity contribution >= 4 is 11.8 Å². The molecule has 2 aliphatic rings. The fourth-order valence-corrected chi connectivity index (χ4v) is 3.34. The highest BCUT2D eigenvalue weighted by atomic mass is 32.2. The molecule has 0 aromatic heterocycles. The Hall–Kier alpha value is 0.230. The molecule has 3 N–H and O–H groups in total. The van der Waals surface area contributed by atoms with Crippen LogP contribution in [0, 0.1) is 0 Å². The van der Waals surface area contributed by atoms with Crippen LogP contribution in [0.4, 0.5) is 0 Å². The molecule has 2 aliphatic heterocycles. The lowest BCUT2D eigenvalue weighted by Gasteiger charge is -2.14. The van der Waals surface area contributed by atoms with Crippen molar-refractivity contribution in [3.63, 3.8) is 0 Å². The molecule has 0 amide bonds. The molecule has 64 valence electrons. The second-order valence-electron chi connectivity index (χ2n) is 3.15.